The van der Waals surface area contributed by atoms with Gasteiger partial charge in [0, 0.05) is 30.3 Å². The lowest BCUT2D eigenvalue weighted by Crippen LogP contribution is -2.41. The molecular weight excluding hydrogens is 389 g/mol. The first-order valence-corrected chi connectivity index (χ1v) is 10.4. The number of hydrogen-bond acceptors (Lipinski definition) is 4. The van der Waals surface area contributed by atoms with E-state index in [0.717, 1.165) is 39.0 Å². The Morgan fingerprint density at radius 3 is 2.73 bits per heavy atom. The summed E-state index contributed by atoms with van der Waals surface area (Å²) in [6.45, 7) is 8.40. The van der Waals surface area contributed by atoms with Gasteiger partial charge in [0.1, 0.15) is 0 Å². The Bertz CT molecular complexity index is 616. The first-order valence-electron chi connectivity index (χ1n) is 9.54. The van der Waals surface area contributed by atoms with Crippen molar-refractivity contribution in [2.45, 2.75) is 57.8 Å². The lowest BCUT2D eigenvalue weighted by molar-refractivity contribution is -0.134. The van der Waals surface area contributed by atoms with Gasteiger partial charge >= 0.3 is 0 Å². The zero-order valence-corrected chi connectivity index (χ0v) is 18.2. The predicted molar refractivity (Wildman–Crippen MR) is 112 cm³/mol. The minimum absolute atomic E-state index is 0. The molecule has 1 amide bonds. The molecule has 1 aromatic rings. The van der Waals surface area contributed by atoms with Crippen LogP contribution in [0.4, 0.5) is 0 Å². The fraction of sp³-hybridized carbons (Fsp3) is 0.789. The number of hydrogen-bond donors (Lipinski definition) is 1. The van der Waals surface area contributed by atoms with Crippen molar-refractivity contribution >= 4 is 42.1 Å². The highest BCUT2D eigenvalue weighted by molar-refractivity contribution is 7.09. The van der Waals surface area contributed by atoms with Gasteiger partial charge in [-0.05, 0) is 56.5 Å². The number of aromatic nitrogens is 1. The highest BCUT2D eigenvalue weighted by atomic mass is 35.5. The first kappa shape index (κ1) is 21.9. The molecule has 0 aromatic carbocycles. The van der Waals surface area contributed by atoms with Crippen LogP contribution in [-0.4, -0.2) is 42.0 Å². The number of rotatable bonds is 3. The minimum atomic E-state index is 0. The van der Waals surface area contributed by atoms with Gasteiger partial charge in [0.2, 0.25) is 5.91 Å². The Morgan fingerprint density at radius 2 is 2.08 bits per heavy atom. The number of carbonyl (C=O) groups is 1. The first-order chi connectivity index (χ1) is 11.6. The second kappa shape index (κ2) is 8.76. The van der Waals surface area contributed by atoms with E-state index in [2.05, 4.69) is 29.4 Å². The van der Waals surface area contributed by atoms with Crippen LogP contribution in [0, 0.1) is 11.3 Å². The van der Waals surface area contributed by atoms with Crippen LogP contribution in [0.5, 0.6) is 0 Å². The molecule has 0 radical (unpaired) electrons. The maximum Gasteiger partial charge on any atom is 0.226 e. The molecule has 7 heteroatoms. The van der Waals surface area contributed by atoms with Crippen LogP contribution in [0.2, 0.25) is 0 Å². The maximum absolute atomic E-state index is 13.0. The summed E-state index contributed by atoms with van der Waals surface area (Å²) in [6.07, 6.45) is 5.79. The molecule has 1 spiro atoms. The third-order valence-electron chi connectivity index (χ3n) is 6.30. The summed E-state index contributed by atoms with van der Waals surface area (Å²) in [4.78, 5) is 20.0. The number of nitrogens with one attached hydrogen (secondary N) is 1. The molecule has 1 N–H and O–H groups in total. The largest absolute Gasteiger partial charge is 0.342 e. The summed E-state index contributed by atoms with van der Waals surface area (Å²) >= 11 is 1.79. The topological polar surface area (TPSA) is 45.2 Å². The second-order valence-electron chi connectivity index (χ2n) is 8.26. The Balaban J connectivity index is 0.00000121. The van der Waals surface area contributed by atoms with Crippen LogP contribution >= 0.6 is 36.2 Å². The Labute approximate surface area is 173 Å². The molecule has 1 aromatic heterocycles. The zero-order valence-electron chi connectivity index (χ0n) is 15.7. The third-order valence-corrected chi connectivity index (χ3v) is 7.33. The third kappa shape index (κ3) is 4.21. The molecule has 4 nitrogen and oxygen atoms in total. The van der Waals surface area contributed by atoms with Crippen LogP contribution in [-0.2, 0) is 4.79 Å². The maximum atomic E-state index is 13.0. The van der Waals surface area contributed by atoms with E-state index in [9.17, 15) is 4.79 Å². The van der Waals surface area contributed by atoms with E-state index in [1.807, 2.05) is 0 Å². The van der Waals surface area contributed by atoms with Crippen molar-refractivity contribution < 1.29 is 4.79 Å². The number of halogens is 2. The fourth-order valence-corrected chi connectivity index (χ4v) is 5.64. The molecule has 4 rings (SSSR count). The molecule has 1 saturated carbocycles. The number of likely N-dealkylation sites (tertiary alicyclic amines) is 1. The normalized spacial score (nSPS) is 27.0. The van der Waals surface area contributed by atoms with E-state index in [-0.39, 0.29) is 24.8 Å². The highest BCUT2D eigenvalue weighted by Crippen LogP contribution is 2.59. The Kier molecular flexibility index (Phi) is 7.39. The molecule has 26 heavy (non-hydrogen) atoms. The van der Waals surface area contributed by atoms with Gasteiger partial charge in [-0.3, -0.25) is 4.79 Å². The number of amides is 1. The van der Waals surface area contributed by atoms with Crippen LogP contribution in [0.1, 0.15) is 68.5 Å². The molecule has 148 valence electrons. The van der Waals surface area contributed by atoms with Gasteiger partial charge in [0.25, 0.3) is 0 Å². The van der Waals surface area contributed by atoms with Gasteiger partial charge in [-0.15, -0.1) is 36.2 Å². The molecule has 2 aliphatic heterocycles. The van der Waals surface area contributed by atoms with Gasteiger partial charge < -0.3 is 10.2 Å². The summed E-state index contributed by atoms with van der Waals surface area (Å²) in [5, 5.41) is 6.87. The van der Waals surface area contributed by atoms with Crippen molar-refractivity contribution in [2.75, 3.05) is 26.2 Å². The van der Waals surface area contributed by atoms with Crippen LogP contribution < -0.4 is 5.32 Å². The summed E-state index contributed by atoms with van der Waals surface area (Å²) < 4.78 is 0. The molecule has 2 saturated heterocycles. The van der Waals surface area contributed by atoms with Gasteiger partial charge in [-0.25, -0.2) is 4.98 Å². The van der Waals surface area contributed by atoms with Gasteiger partial charge in [0.15, 0.2) is 0 Å². The number of carbonyl (C=O) groups excluding carboxylic acids is 1. The lowest BCUT2D eigenvalue weighted by Gasteiger charge is -2.33. The highest BCUT2D eigenvalue weighted by Gasteiger charge is 2.58. The number of piperidine rings is 2. The van der Waals surface area contributed by atoms with Gasteiger partial charge in [-0.1, -0.05) is 13.8 Å². The Hall–Kier alpha value is -0.360. The molecule has 0 bridgehead atoms. The van der Waals surface area contributed by atoms with E-state index in [1.54, 1.807) is 11.3 Å². The molecule has 3 aliphatic rings. The van der Waals surface area contributed by atoms with Crippen LogP contribution in [0.15, 0.2) is 5.38 Å². The molecule has 2 unspecified atom stereocenters. The van der Waals surface area contributed by atoms with E-state index in [4.69, 9.17) is 4.98 Å². The number of nitrogens with zero attached hydrogens (tertiary/aromatic N) is 2. The fourth-order valence-electron chi connectivity index (χ4n) is 4.53. The quantitative estimate of drug-likeness (QED) is 0.797. The summed E-state index contributed by atoms with van der Waals surface area (Å²) in [7, 11) is 0. The van der Waals surface area contributed by atoms with Gasteiger partial charge in [-0.2, -0.15) is 0 Å². The molecule has 1 aliphatic carbocycles. The standard InChI is InChI=1S/C19H29N3OS.2ClH/c1-13(2)16-12-24-17(21-16)14-4-3-9-22(11-14)18(23)15-10-19(15)5-7-20-8-6-19;;/h12-15,20H,3-11H2,1-2H3;2*1H. The summed E-state index contributed by atoms with van der Waals surface area (Å²) in [5.41, 5.74) is 1.55. The van der Waals surface area contributed by atoms with E-state index in [1.165, 1.54) is 30.0 Å². The summed E-state index contributed by atoms with van der Waals surface area (Å²) in [6, 6.07) is 0. The smallest absolute Gasteiger partial charge is 0.226 e. The average molecular weight is 420 g/mol. The zero-order chi connectivity index (χ0) is 16.7. The van der Waals surface area contributed by atoms with Crippen molar-refractivity contribution in [3.8, 4) is 0 Å². The van der Waals surface area contributed by atoms with Crippen LogP contribution in [0.25, 0.3) is 0 Å². The van der Waals surface area contributed by atoms with Crippen molar-refractivity contribution in [1.29, 1.82) is 0 Å². The Morgan fingerprint density at radius 1 is 1.35 bits per heavy atom. The summed E-state index contributed by atoms with van der Waals surface area (Å²) in [5.74, 6) is 1.67. The van der Waals surface area contributed by atoms with Crippen LogP contribution in [0.3, 0.4) is 0 Å². The van der Waals surface area contributed by atoms with Crippen molar-refractivity contribution in [2.24, 2.45) is 11.3 Å². The second-order valence-corrected chi connectivity index (χ2v) is 9.15. The lowest BCUT2D eigenvalue weighted by atomic mass is 9.91. The SMILES string of the molecule is CC(C)c1csc(C2CCCN(C(=O)C3CC34CCNCC4)C2)n1.Cl.Cl. The monoisotopic (exact) mass is 419 g/mol. The average Bonchev–Trinajstić information content (AvgIpc) is 3.07. The number of thiazole rings is 1. The molecular formula is C19H31Cl2N3OS. The predicted octanol–water partition coefficient (Wildman–Crippen LogP) is 4.21. The van der Waals surface area contributed by atoms with E-state index >= 15 is 0 Å². The van der Waals surface area contributed by atoms with Gasteiger partial charge in [0.05, 0.1) is 10.7 Å². The molecule has 3 fully saturated rings. The molecule has 2 atom stereocenters. The van der Waals surface area contributed by atoms with E-state index in [0.29, 0.717) is 29.1 Å². The van der Waals surface area contributed by atoms with E-state index < -0.39 is 0 Å². The van der Waals surface area contributed by atoms with Crippen molar-refractivity contribution in [3.05, 3.63) is 16.1 Å². The molecule has 3 heterocycles. The van der Waals surface area contributed by atoms with Crippen molar-refractivity contribution in [3.63, 3.8) is 0 Å². The minimum Gasteiger partial charge on any atom is -0.342 e. The van der Waals surface area contributed by atoms with Crippen molar-refractivity contribution in [1.82, 2.24) is 15.2 Å².